The Morgan fingerprint density at radius 3 is 2.72 bits per heavy atom. The minimum atomic E-state index is 0.710. The lowest BCUT2D eigenvalue weighted by molar-refractivity contribution is 0.169. The molecule has 1 unspecified atom stereocenters. The SMILES string of the molecule is CCNC(=NCC1CCN(CC)C1)N1CCN(Cc2ccon2)CC1. The van der Waals surface area contributed by atoms with Gasteiger partial charge in [-0.3, -0.25) is 9.89 Å². The Kier molecular flexibility index (Phi) is 6.69. The van der Waals surface area contributed by atoms with Crippen LogP contribution in [0.5, 0.6) is 0 Å². The maximum Gasteiger partial charge on any atom is 0.194 e. The molecule has 0 aliphatic carbocycles. The van der Waals surface area contributed by atoms with Crippen LogP contribution in [0.3, 0.4) is 0 Å². The van der Waals surface area contributed by atoms with E-state index in [4.69, 9.17) is 9.52 Å². The van der Waals surface area contributed by atoms with Gasteiger partial charge in [-0.25, -0.2) is 0 Å². The Morgan fingerprint density at radius 1 is 1.24 bits per heavy atom. The standard InChI is InChI=1S/C18H32N6O/c1-3-19-18(20-13-16-5-7-22(4-2)14-16)24-10-8-23(9-11-24)15-17-6-12-25-21-17/h6,12,16H,3-5,7-11,13-15H2,1-2H3,(H,19,20). The van der Waals surface area contributed by atoms with E-state index in [0.29, 0.717) is 5.92 Å². The fourth-order valence-electron chi connectivity index (χ4n) is 3.66. The third-order valence-corrected chi connectivity index (χ3v) is 5.20. The van der Waals surface area contributed by atoms with Crippen LogP contribution in [0.1, 0.15) is 26.0 Å². The van der Waals surface area contributed by atoms with Crippen molar-refractivity contribution < 1.29 is 4.52 Å². The van der Waals surface area contributed by atoms with Crippen molar-refractivity contribution in [2.45, 2.75) is 26.8 Å². The van der Waals surface area contributed by atoms with Gasteiger partial charge in [0.25, 0.3) is 0 Å². The van der Waals surface area contributed by atoms with E-state index in [9.17, 15) is 0 Å². The summed E-state index contributed by atoms with van der Waals surface area (Å²) in [5.41, 5.74) is 1.01. The molecular formula is C18H32N6O. The lowest BCUT2D eigenvalue weighted by Gasteiger charge is -2.36. The van der Waals surface area contributed by atoms with E-state index in [-0.39, 0.29) is 0 Å². The summed E-state index contributed by atoms with van der Waals surface area (Å²) in [7, 11) is 0. The lowest BCUT2D eigenvalue weighted by Crippen LogP contribution is -2.52. The first-order valence-electron chi connectivity index (χ1n) is 9.65. The van der Waals surface area contributed by atoms with Gasteiger partial charge in [0.2, 0.25) is 0 Å². The highest BCUT2D eigenvalue weighted by atomic mass is 16.5. The number of piperazine rings is 1. The van der Waals surface area contributed by atoms with Crippen LogP contribution in [0.15, 0.2) is 21.8 Å². The quantitative estimate of drug-likeness (QED) is 0.614. The number of rotatable bonds is 6. The van der Waals surface area contributed by atoms with Crippen molar-refractivity contribution in [1.82, 2.24) is 25.2 Å². The predicted molar refractivity (Wildman–Crippen MR) is 99.6 cm³/mol. The molecule has 0 bridgehead atoms. The summed E-state index contributed by atoms with van der Waals surface area (Å²) in [6, 6.07) is 1.94. The molecule has 2 aliphatic rings. The highest BCUT2D eigenvalue weighted by Gasteiger charge is 2.23. The fourth-order valence-corrected chi connectivity index (χ4v) is 3.66. The van der Waals surface area contributed by atoms with Crippen LogP contribution in [0.2, 0.25) is 0 Å². The third kappa shape index (κ3) is 5.19. The minimum absolute atomic E-state index is 0.710. The van der Waals surface area contributed by atoms with Crippen LogP contribution in [0, 0.1) is 5.92 Å². The summed E-state index contributed by atoms with van der Waals surface area (Å²) < 4.78 is 4.92. The smallest absolute Gasteiger partial charge is 0.194 e. The molecule has 2 aliphatic heterocycles. The zero-order chi connectivity index (χ0) is 17.5. The number of nitrogens with zero attached hydrogens (tertiary/aromatic N) is 5. The highest BCUT2D eigenvalue weighted by Crippen LogP contribution is 2.16. The molecule has 7 nitrogen and oxygen atoms in total. The Hall–Kier alpha value is -1.60. The molecule has 2 fully saturated rings. The second-order valence-electron chi connectivity index (χ2n) is 7.00. The number of aliphatic imine (C=N–C) groups is 1. The van der Waals surface area contributed by atoms with Gasteiger partial charge in [-0.1, -0.05) is 12.1 Å². The lowest BCUT2D eigenvalue weighted by atomic mass is 10.1. The van der Waals surface area contributed by atoms with Crippen molar-refractivity contribution in [3.63, 3.8) is 0 Å². The second-order valence-corrected chi connectivity index (χ2v) is 7.00. The maximum absolute atomic E-state index is 4.95. The van der Waals surface area contributed by atoms with Gasteiger partial charge in [0.1, 0.15) is 6.26 Å². The molecule has 140 valence electrons. The van der Waals surface area contributed by atoms with Crippen LogP contribution in [0.4, 0.5) is 0 Å². The summed E-state index contributed by atoms with van der Waals surface area (Å²) >= 11 is 0. The van der Waals surface area contributed by atoms with Crippen molar-refractivity contribution in [2.75, 3.05) is 58.9 Å². The Bertz CT molecular complexity index is 524. The molecule has 1 atom stereocenters. The van der Waals surface area contributed by atoms with E-state index in [1.54, 1.807) is 6.26 Å². The third-order valence-electron chi connectivity index (χ3n) is 5.20. The van der Waals surface area contributed by atoms with Crippen molar-refractivity contribution in [3.8, 4) is 0 Å². The van der Waals surface area contributed by atoms with E-state index in [0.717, 1.165) is 64.0 Å². The number of aromatic nitrogens is 1. The van der Waals surface area contributed by atoms with Crippen molar-refractivity contribution >= 4 is 5.96 Å². The van der Waals surface area contributed by atoms with Crippen molar-refractivity contribution in [3.05, 3.63) is 18.0 Å². The van der Waals surface area contributed by atoms with E-state index < -0.39 is 0 Å². The van der Waals surface area contributed by atoms with Gasteiger partial charge < -0.3 is 19.6 Å². The van der Waals surface area contributed by atoms with E-state index in [2.05, 4.69) is 39.0 Å². The molecule has 7 heteroatoms. The van der Waals surface area contributed by atoms with Crippen LogP contribution in [-0.2, 0) is 6.54 Å². The van der Waals surface area contributed by atoms with E-state index >= 15 is 0 Å². The molecular weight excluding hydrogens is 316 g/mol. The van der Waals surface area contributed by atoms with Crippen molar-refractivity contribution in [2.24, 2.45) is 10.9 Å². The van der Waals surface area contributed by atoms with Crippen LogP contribution in [0.25, 0.3) is 0 Å². The van der Waals surface area contributed by atoms with Gasteiger partial charge in [-0.05, 0) is 32.4 Å². The van der Waals surface area contributed by atoms with Gasteiger partial charge in [0.05, 0.1) is 5.69 Å². The average Bonchev–Trinajstić information content (AvgIpc) is 3.31. The monoisotopic (exact) mass is 348 g/mol. The molecule has 1 N–H and O–H groups in total. The van der Waals surface area contributed by atoms with Gasteiger partial charge in [-0.2, -0.15) is 0 Å². The zero-order valence-corrected chi connectivity index (χ0v) is 15.7. The van der Waals surface area contributed by atoms with E-state index in [1.807, 2.05) is 6.07 Å². The number of likely N-dealkylation sites (tertiary alicyclic amines) is 1. The van der Waals surface area contributed by atoms with Crippen molar-refractivity contribution in [1.29, 1.82) is 0 Å². The molecule has 0 amide bonds. The molecule has 1 aromatic rings. The number of hydrogen-bond acceptors (Lipinski definition) is 5. The molecule has 0 radical (unpaired) electrons. The normalized spacial score (nSPS) is 23.4. The van der Waals surface area contributed by atoms with Gasteiger partial charge >= 0.3 is 0 Å². The largest absolute Gasteiger partial charge is 0.364 e. The summed E-state index contributed by atoms with van der Waals surface area (Å²) in [6.45, 7) is 14.8. The maximum atomic E-state index is 4.95. The number of guanidine groups is 1. The van der Waals surface area contributed by atoms with Gasteiger partial charge in [-0.15, -0.1) is 0 Å². The molecule has 25 heavy (non-hydrogen) atoms. The minimum Gasteiger partial charge on any atom is -0.364 e. The molecule has 0 aromatic carbocycles. The summed E-state index contributed by atoms with van der Waals surface area (Å²) in [6.07, 6.45) is 2.92. The first-order valence-corrected chi connectivity index (χ1v) is 9.65. The molecule has 0 spiro atoms. The molecule has 0 saturated carbocycles. The number of hydrogen-bond donors (Lipinski definition) is 1. The number of nitrogens with one attached hydrogen (secondary N) is 1. The molecule has 3 heterocycles. The van der Waals surface area contributed by atoms with Crippen LogP contribution >= 0.6 is 0 Å². The topological polar surface area (TPSA) is 60.1 Å². The highest BCUT2D eigenvalue weighted by molar-refractivity contribution is 5.80. The first kappa shape index (κ1) is 18.2. The van der Waals surface area contributed by atoms with Crippen LogP contribution < -0.4 is 5.32 Å². The van der Waals surface area contributed by atoms with Gasteiger partial charge in [0.15, 0.2) is 5.96 Å². The zero-order valence-electron chi connectivity index (χ0n) is 15.7. The molecule has 1 aromatic heterocycles. The van der Waals surface area contributed by atoms with E-state index in [1.165, 1.54) is 19.5 Å². The first-order chi connectivity index (χ1) is 12.3. The molecule has 3 rings (SSSR count). The summed E-state index contributed by atoms with van der Waals surface area (Å²) in [5.74, 6) is 1.79. The summed E-state index contributed by atoms with van der Waals surface area (Å²) in [4.78, 5) is 12.3. The Balaban J connectivity index is 1.48. The summed E-state index contributed by atoms with van der Waals surface area (Å²) in [5, 5.41) is 7.49. The Labute approximate surface area is 151 Å². The Morgan fingerprint density at radius 2 is 2.08 bits per heavy atom. The van der Waals surface area contributed by atoms with Crippen LogP contribution in [-0.4, -0.2) is 84.7 Å². The average molecular weight is 348 g/mol. The molecule has 2 saturated heterocycles. The van der Waals surface area contributed by atoms with Gasteiger partial charge in [0, 0.05) is 58.4 Å². The predicted octanol–water partition coefficient (Wildman–Crippen LogP) is 1.10. The second kappa shape index (κ2) is 9.20. The fraction of sp³-hybridized carbons (Fsp3) is 0.778.